The van der Waals surface area contributed by atoms with Crippen molar-refractivity contribution < 1.29 is 19.0 Å². The number of hydrogen-bond donors (Lipinski definition) is 1. The summed E-state index contributed by atoms with van der Waals surface area (Å²) in [4.78, 5) is 17.5. The third-order valence-electron chi connectivity index (χ3n) is 6.42. The molecule has 1 heterocycles. The van der Waals surface area contributed by atoms with E-state index < -0.39 is 0 Å². The van der Waals surface area contributed by atoms with E-state index in [0.29, 0.717) is 30.2 Å². The maximum Gasteiger partial charge on any atom is 0.270 e. The monoisotopic (exact) mass is 466 g/mol. The molecule has 6 nitrogen and oxygen atoms in total. The predicted molar refractivity (Wildman–Crippen MR) is 130 cm³/mol. The molecule has 4 rings (SSSR count). The minimum absolute atomic E-state index is 0.103. The molecule has 1 saturated carbocycles. The fraction of sp³-hybridized carbons (Fsp3) is 0.385. The Balaban J connectivity index is 1.45. The van der Waals surface area contributed by atoms with Crippen LogP contribution < -0.4 is 19.5 Å². The maximum atomic E-state index is 12.9. The molecule has 1 fully saturated rings. The standard InChI is InChI=1S/C26H30N2O4S/c1-30-20-8-6-7-18(13-20)14-24-28-21(16-33-24)25(29)27-17-26(11-4-5-12-26)19-9-10-22(31-2)23(15-19)32-3/h6-10,13,15-16H,4-5,11-12,14,17H2,1-3H3,(H,27,29). The van der Waals surface area contributed by atoms with E-state index in [0.717, 1.165) is 42.0 Å². The van der Waals surface area contributed by atoms with Crippen LogP contribution >= 0.6 is 11.3 Å². The number of rotatable bonds is 9. The molecule has 1 aliphatic carbocycles. The summed E-state index contributed by atoms with van der Waals surface area (Å²) in [5.41, 5.74) is 2.65. The van der Waals surface area contributed by atoms with Crippen LogP contribution in [0.25, 0.3) is 0 Å². The lowest BCUT2D eigenvalue weighted by atomic mass is 9.78. The van der Waals surface area contributed by atoms with Crippen LogP contribution in [0.2, 0.25) is 0 Å². The van der Waals surface area contributed by atoms with Gasteiger partial charge in [0.1, 0.15) is 11.4 Å². The van der Waals surface area contributed by atoms with E-state index in [2.05, 4.69) is 16.4 Å². The van der Waals surface area contributed by atoms with Gasteiger partial charge < -0.3 is 19.5 Å². The van der Waals surface area contributed by atoms with Crippen molar-refractivity contribution in [3.05, 3.63) is 69.7 Å². The highest BCUT2D eigenvalue weighted by atomic mass is 32.1. The van der Waals surface area contributed by atoms with Crippen LogP contribution in [0.1, 0.15) is 52.3 Å². The Kier molecular flexibility index (Phi) is 7.18. The van der Waals surface area contributed by atoms with Crippen LogP contribution in [0.3, 0.4) is 0 Å². The molecule has 0 radical (unpaired) electrons. The minimum atomic E-state index is -0.130. The second kappa shape index (κ2) is 10.3. The molecule has 0 bridgehead atoms. The summed E-state index contributed by atoms with van der Waals surface area (Å²) in [5.74, 6) is 2.12. The zero-order chi connectivity index (χ0) is 23.3. The summed E-state index contributed by atoms with van der Waals surface area (Å²) >= 11 is 1.51. The molecule has 3 aromatic rings. The first-order chi connectivity index (χ1) is 16.1. The van der Waals surface area contributed by atoms with E-state index in [1.807, 2.05) is 41.8 Å². The topological polar surface area (TPSA) is 69.7 Å². The molecule has 1 aromatic heterocycles. The van der Waals surface area contributed by atoms with Crippen molar-refractivity contribution in [3.63, 3.8) is 0 Å². The first-order valence-corrected chi connectivity index (χ1v) is 12.0. The number of thiazole rings is 1. The van der Waals surface area contributed by atoms with Gasteiger partial charge in [-0.2, -0.15) is 0 Å². The Bertz CT molecular complexity index is 1110. The van der Waals surface area contributed by atoms with Crippen molar-refractivity contribution in [3.8, 4) is 17.2 Å². The third kappa shape index (κ3) is 5.14. The molecule has 0 unspecified atom stereocenters. The average molecular weight is 467 g/mol. The van der Waals surface area contributed by atoms with Crippen LogP contribution in [0.15, 0.2) is 47.8 Å². The van der Waals surface area contributed by atoms with Crippen molar-refractivity contribution in [2.75, 3.05) is 27.9 Å². The van der Waals surface area contributed by atoms with Gasteiger partial charge in [0.2, 0.25) is 0 Å². The van der Waals surface area contributed by atoms with Crippen molar-refractivity contribution in [1.82, 2.24) is 10.3 Å². The highest BCUT2D eigenvalue weighted by molar-refractivity contribution is 7.09. The number of nitrogens with one attached hydrogen (secondary N) is 1. The molecule has 1 aliphatic rings. The van der Waals surface area contributed by atoms with Crippen molar-refractivity contribution >= 4 is 17.2 Å². The van der Waals surface area contributed by atoms with Gasteiger partial charge in [-0.15, -0.1) is 11.3 Å². The van der Waals surface area contributed by atoms with Crippen LogP contribution in [0.5, 0.6) is 17.2 Å². The van der Waals surface area contributed by atoms with Crippen molar-refractivity contribution in [1.29, 1.82) is 0 Å². The molecule has 1 amide bonds. The summed E-state index contributed by atoms with van der Waals surface area (Å²) in [6.07, 6.45) is 5.02. The van der Waals surface area contributed by atoms with Gasteiger partial charge in [-0.05, 0) is 48.2 Å². The van der Waals surface area contributed by atoms with Crippen LogP contribution in [-0.4, -0.2) is 38.8 Å². The number of amides is 1. The van der Waals surface area contributed by atoms with Gasteiger partial charge in [-0.25, -0.2) is 4.98 Å². The van der Waals surface area contributed by atoms with Gasteiger partial charge in [-0.1, -0.05) is 31.0 Å². The lowest BCUT2D eigenvalue weighted by Gasteiger charge is -2.30. The van der Waals surface area contributed by atoms with Gasteiger partial charge in [-0.3, -0.25) is 4.79 Å². The van der Waals surface area contributed by atoms with Crippen LogP contribution in [-0.2, 0) is 11.8 Å². The Hall–Kier alpha value is -3.06. The van der Waals surface area contributed by atoms with E-state index in [9.17, 15) is 4.79 Å². The number of carbonyl (C=O) groups excluding carboxylic acids is 1. The molecule has 0 saturated heterocycles. The van der Waals surface area contributed by atoms with E-state index >= 15 is 0 Å². The van der Waals surface area contributed by atoms with Gasteiger partial charge in [0.05, 0.1) is 26.3 Å². The number of carbonyl (C=O) groups is 1. The van der Waals surface area contributed by atoms with Crippen molar-refractivity contribution in [2.24, 2.45) is 0 Å². The van der Waals surface area contributed by atoms with E-state index in [1.54, 1.807) is 21.3 Å². The predicted octanol–water partition coefficient (Wildman–Crippen LogP) is 5.00. The lowest BCUT2D eigenvalue weighted by molar-refractivity contribution is 0.0938. The SMILES string of the molecule is COc1cccc(Cc2nc(C(=O)NCC3(c4ccc(OC)c(OC)c4)CCCC3)cs2)c1. The molecule has 33 heavy (non-hydrogen) atoms. The Morgan fingerprint density at radius 3 is 2.55 bits per heavy atom. The molecular weight excluding hydrogens is 436 g/mol. The van der Waals surface area contributed by atoms with Gasteiger partial charge in [0, 0.05) is 23.8 Å². The van der Waals surface area contributed by atoms with E-state index in [4.69, 9.17) is 14.2 Å². The first-order valence-electron chi connectivity index (χ1n) is 11.1. The zero-order valence-electron chi connectivity index (χ0n) is 19.3. The number of benzene rings is 2. The molecule has 1 N–H and O–H groups in total. The van der Waals surface area contributed by atoms with Crippen LogP contribution in [0.4, 0.5) is 0 Å². The van der Waals surface area contributed by atoms with E-state index in [-0.39, 0.29) is 11.3 Å². The zero-order valence-corrected chi connectivity index (χ0v) is 20.2. The summed E-state index contributed by atoms with van der Waals surface area (Å²) in [5, 5.41) is 5.90. The summed E-state index contributed by atoms with van der Waals surface area (Å²) < 4.78 is 16.2. The summed E-state index contributed by atoms with van der Waals surface area (Å²) in [6.45, 7) is 0.573. The van der Waals surface area contributed by atoms with Crippen molar-refractivity contribution in [2.45, 2.75) is 37.5 Å². The number of ether oxygens (including phenoxy) is 3. The second-order valence-electron chi connectivity index (χ2n) is 8.39. The van der Waals surface area contributed by atoms with E-state index in [1.165, 1.54) is 16.9 Å². The highest BCUT2D eigenvalue weighted by Crippen LogP contribution is 2.43. The fourth-order valence-corrected chi connectivity index (χ4v) is 5.39. The lowest BCUT2D eigenvalue weighted by Crippen LogP contribution is -2.39. The van der Waals surface area contributed by atoms with Gasteiger partial charge in [0.15, 0.2) is 11.5 Å². The number of methoxy groups -OCH3 is 3. The fourth-order valence-electron chi connectivity index (χ4n) is 4.58. The summed E-state index contributed by atoms with van der Waals surface area (Å²) in [6, 6.07) is 14.0. The molecule has 0 aliphatic heterocycles. The molecule has 174 valence electrons. The molecular formula is C26H30N2O4S. The van der Waals surface area contributed by atoms with Gasteiger partial charge >= 0.3 is 0 Å². The second-order valence-corrected chi connectivity index (χ2v) is 9.34. The van der Waals surface area contributed by atoms with Crippen LogP contribution in [0, 0.1) is 0 Å². The largest absolute Gasteiger partial charge is 0.497 e. The normalized spacial score (nSPS) is 14.6. The molecule has 0 atom stereocenters. The average Bonchev–Trinajstić information content (AvgIpc) is 3.53. The molecule has 0 spiro atoms. The Labute approximate surface area is 198 Å². The third-order valence-corrected chi connectivity index (χ3v) is 7.27. The number of hydrogen-bond acceptors (Lipinski definition) is 6. The minimum Gasteiger partial charge on any atom is -0.497 e. The Morgan fingerprint density at radius 1 is 1.03 bits per heavy atom. The highest BCUT2D eigenvalue weighted by Gasteiger charge is 2.36. The molecule has 7 heteroatoms. The quantitative estimate of drug-likeness (QED) is 0.481. The summed E-state index contributed by atoms with van der Waals surface area (Å²) in [7, 11) is 4.94. The number of aromatic nitrogens is 1. The van der Waals surface area contributed by atoms with Gasteiger partial charge in [0.25, 0.3) is 5.91 Å². The first kappa shape index (κ1) is 23.1. The number of nitrogens with zero attached hydrogens (tertiary/aromatic N) is 1. The smallest absolute Gasteiger partial charge is 0.270 e. The maximum absolute atomic E-state index is 12.9. The Morgan fingerprint density at radius 2 is 1.82 bits per heavy atom. The molecule has 2 aromatic carbocycles.